The number of thioether (sulfide) groups is 1. The first-order valence-corrected chi connectivity index (χ1v) is 9.88. The third kappa shape index (κ3) is 6.84. The molecule has 0 aliphatic carbocycles. The molecule has 0 atom stereocenters. The molecule has 1 heterocycles. The molecule has 6 nitrogen and oxygen atoms in total. The van der Waals surface area contributed by atoms with Crippen LogP contribution >= 0.6 is 24.0 Å². The lowest BCUT2D eigenvalue weighted by molar-refractivity contribution is -0.144. The molecular formula is C18H24N2O4S2. The molecule has 1 saturated heterocycles. The predicted molar refractivity (Wildman–Crippen MR) is 108 cm³/mol. The molecule has 142 valence electrons. The smallest absolute Gasteiger partial charge is 0.316 e. The molecule has 1 aromatic rings. The van der Waals surface area contributed by atoms with Gasteiger partial charge in [0.2, 0.25) is 0 Å². The number of benzene rings is 1. The number of anilines is 1. The molecule has 1 amide bonds. The summed E-state index contributed by atoms with van der Waals surface area (Å²) in [7, 11) is 1.57. The number of carbonyl (C=O) groups is 2. The second-order valence-electron chi connectivity index (χ2n) is 6.16. The first-order chi connectivity index (χ1) is 12.5. The Bertz CT molecular complexity index is 629. The summed E-state index contributed by atoms with van der Waals surface area (Å²) >= 11 is 6.65. The molecule has 1 aromatic carbocycles. The summed E-state index contributed by atoms with van der Waals surface area (Å²) in [6, 6.07) is 6.90. The van der Waals surface area contributed by atoms with E-state index in [4.69, 9.17) is 21.7 Å². The van der Waals surface area contributed by atoms with Gasteiger partial charge in [0.05, 0.1) is 12.9 Å². The van der Waals surface area contributed by atoms with Crippen LogP contribution in [0.1, 0.15) is 19.8 Å². The van der Waals surface area contributed by atoms with Crippen LogP contribution in [0, 0.1) is 5.92 Å². The van der Waals surface area contributed by atoms with E-state index < -0.39 is 5.97 Å². The molecule has 0 saturated carbocycles. The minimum atomic E-state index is -0.451. The van der Waals surface area contributed by atoms with E-state index in [2.05, 4.69) is 17.1 Å². The molecule has 26 heavy (non-hydrogen) atoms. The van der Waals surface area contributed by atoms with E-state index in [1.807, 2.05) is 0 Å². The number of carbonyl (C=O) groups excluding carboxylic acids is 2. The Hall–Kier alpha value is -1.80. The third-order valence-electron chi connectivity index (χ3n) is 4.09. The van der Waals surface area contributed by atoms with Crippen LogP contribution in [0.4, 0.5) is 5.69 Å². The number of amides is 1. The number of piperidine rings is 1. The van der Waals surface area contributed by atoms with Crippen molar-refractivity contribution in [2.75, 3.05) is 37.9 Å². The molecular weight excluding hydrogens is 372 g/mol. The molecule has 0 radical (unpaired) electrons. The van der Waals surface area contributed by atoms with Crippen LogP contribution in [0.25, 0.3) is 0 Å². The fraction of sp³-hybridized carbons (Fsp3) is 0.500. The van der Waals surface area contributed by atoms with Gasteiger partial charge in [-0.3, -0.25) is 9.59 Å². The monoisotopic (exact) mass is 396 g/mol. The Labute approximate surface area is 163 Å². The van der Waals surface area contributed by atoms with Crippen molar-refractivity contribution >= 4 is 45.9 Å². The number of thiocarbonyl (C=S) groups is 1. The maximum Gasteiger partial charge on any atom is 0.316 e. The van der Waals surface area contributed by atoms with Gasteiger partial charge in [0.1, 0.15) is 10.1 Å². The molecule has 0 spiro atoms. The Morgan fingerprint density at radius 2 is 1.92 bits per heavy atom. The van der Waals surface area contributed by atoms with Crippen molar-refractivity contribution in [3.05, 3.63) is 24.3 Å². The van der Waals surface area contributed by atoms with E-state index in [9.17, 15) is 9.59 Å². The largest absolute Gasteiger partial charge is 0.497 e. The number of methoxy groups -OCH3 is 1. The number of likely N-dealkylation sites (tertiary alicyclic amines) is 1. The first-order valence-electron chi connectivity index (χ1n) is 8.49. The van der Waals surface area contributed by atoms with Gasteiger partial charge in [-0.05, 0) is 43.0 Å². The van der Waals surface area contributed by atoms with Crippen LogP contribution in [-0.2, 0) is 14.3 Å². The molecule has 1 aliphatic rings. The van der Waals surface area contributed by atoms with Crippen molar-refractivity contribution in [2.24, 2.45) is 5.92 Å². The topological polar surface area (TPSA) is 67.9 Å². The van der Waals surface area contributed by atoms with Crippen LogP contribution in [-0.4, -0.2) is 53.7 Å². The van der Waals surface area contributed by atoms with Crippen molar-refractivity contribution in [3.8, 4) is 5.75 Å². The van der Waals surface area contributed by atoms with Gasteiger partial charge in [-0.2, -0.15) is 0 Å². The third-order valence-corrected chi connectivity index (χ3v) is 5.59. The van der Waals surface area contributed by atoms with Crippen LogP contribution in [0.3, 0.4) is 0 Å². The fourth-order valence-corrected chi connectivity index (χ4v) is 3.51. The van der Waals surface area contributed by atoms with Crippen molar-refractivity contribution in [1.82, 2.24) is 4.90 Å². The zero-order valence-electron chi connectivity index (χ0n) is 15.0. The first kappa shape index (κ1) is 20.5. The standard InChI is InChI=1S/C18H24N2O4S2/c1-13-7-9-20(10-8-13)18(25)26-12-17(22)24-11-16(21)19-14-3-5-15(23-2)6-4-14/h3-6,13H,7-12H2,1-2H3,(H,19,21). The van der Waals surface area contributed by atoms with Crippen molar-refractivity contribution in [3.63, 3.8) is 0 Å². The van der Waals surface area contributed by atoms with Gasteiger partial charge in [0.25, 0.3) is 5.91 Å². The summed E-state index contributed by atoms with van der Waals surface area (Å²) in [5.41, 5.74) is 0.613. The van der Waals surface area contributed by atoms with Crippen LogP contribution in [0.15, 0.2) is 24.3 Å². The van der Waals surface area contributed by atoms with Crippen molar-refractivity contribution < 1.29 is 19.1 Å². The minimum Gasteiger partial charge on any atom is -0.497 e. The highest BCUT2D eigenvalue weighted by Crippen LogP contribution is 2.20. The van der Waals surface area contributed by atoms with Gasteiger partial charge in [-0.25, -0.2) is 0 Å². The van der Waals surface area contributed by atoms with E-state index in [-0.39, 0.29) is 18.3 Å². The normalized spacial score (nSPS) is 14.6. The molecule has 8 heteroatoms. The van der Waals surface area contributed by atoms with E-state index in [1.165, 1.54) is 11.8 Å². The number of hydrogen-bond acceptors (Lipinski definition) is 6. The highest BCUT2D eigenvalue weighted by atomic mass is 32.2. The highest BCUT2D eigenvalue weighted by Gasteiger charge is 2.19. The van der Waals surface area contributed by atoms with E-state index >= 15 is 0 Å². The minimum absolute atomic E-state index is 0.112. The van der Waals surface area contributed by atoms with Gasteiger partial charge in [0.15, 0.2) is 6.61 Å². The molecule has 1 N–H and O–H groups in total. The Morgan fingerprint density at radius 3 is 2.54 bits per heavy atom. The fourth-order valence-electron chi connectivity index (χ4n) is 2.46. The van der Waals surface area contributed by atoms with Crippen LogP contribution in [0.5, 0.6) is 5.75 Å². The van der Waals surface area contributed by atoms with Crippen LogP contribution < -0.4 is 10.1 Å². The van der Waals surface area contributed by atoms with Crippen molar-refractivity contribution in [2.45, 2.75) is 19.8 Å². The maximum absolute atomic E-state index is 11.8. The lowest BCUT2D eigenvalue weighted by atomic mass is 10.00. The Morgan fingerprint density at radius 1 is 1.27 bits per heavy atom. The number of hydrogen-bond donors (Lipinski definition) is 1. The number of rotatable bonds is 6. The Kier molecular flexibility index (Phi) is 8.18. The van der Waals surface area contributed by atoms with Gasteiger partial charge < -0.3 is 19.7 Å². The lowest BCUT2D eigenvalue weighted by Crippen LogP contribution is -2.35. The van der Waals surface area contributed by atoms with E-state index in [1.54, 1.807) is 31.4 Å². The average molecular weight is 397 g/mol. The van der Waals surface area contributed by atoms with E-state index in [0.717, 1.165) is 36.2 Å². The number of ether oxygens (including phenoxy) is 2. The Balaban J connectivity index is 1.64. The zero-order valence-corrected chi connectivity index (χ0v) is 16.7. The van der Waals surface area contributed by atoms with Crippen LogP contribution in [0.2, 0.25) is 0 Å². The molecule has 2 rings (SSSR count). The second kappa shape index (κ2) is 10.4. The quantitative estimate of drug-likeness (QED) is 0.586. The van der Waals surface area contributed by atoms with Crippen molar-refractivity contribution in [1.29, 1.82) is 0 Å². The number of esters is 1. The summed E-state index contributed by atoms with van der Waals surface area (Å²) in [6.07, 6.45) is 2.24. The maximum atomic E-state index is 11.8. The molecule has 0 bridgehead atoms. The summed E-state index contributed by atoms with van der Waals surface area (Å²) in [6.45, 7) is 3.79. The summed E-state index contributed by atoms with van der Waals surface area (Å²) in [5, 5.41) is 2.66. The summed E-state index contributed by atoms with van der Waals surface area (Å²) in [4.78, 5) is 25.8. The van der Waals surface area contributed by atoms with Gasteiger partial charge in [0, 0.05) is 18.8 Å². The number of nitrogens with one attached hydrogen (secondary N) is 1. The van der Waals surface area contributed by atoms with Gasteiger partial charge in [-0.15, -0.1) is 0 Å². The summed E-state index contributed by atoms with van der Waals surface area (Å²) in [5.74, 6) is 0.702. The molecule has 0 unspecified atom stereocenters. The highest BCUT2D eigenvalue weighted by molar-refractivity contribution is 8.23. The zero-order chi connectivity index (χ0) is 18.9. The van der Waals surface area contributed by atoms with E-state index in [0.29, 0.717) is 11.4 Å². The molecule has 0 aromatic heterocycles. The second-order valence-corrected chi connectivity index (χ2v) is 7.77. The average Bonchev–Trinajstić information content (AvgIpc) is 2.65. The summed E-state index contributed by atoms with van der Waals surface area (Å²) < 4.78 is 10.8. The molecule has 1 fully saturated rings. The number of nitrogens with zero attached hydrogens (tertiary/aromatic N) is 1. The lowest BCUT2D eigenvalue weighted by Gasteiger charge is -2.31. The van der Waals surface area contributed by atoms with Gasteiger partial charge >= 0.3 is 5.97 Å². The molecule has 1 aliphatic heterocycles. The predicted octanol–water partition coefficient (Wildman–Crippen LogP) is 2.93. The van der Waals surface area contributed by atoms with Gasteiger partial charge in [-0.1, -0.05) is 30.9 Å². The SMILES string of the molecule is COc1ccc(NC(=O)COC(=O)CSC(=S)N2CCC(C)CC2)cc1.